The Bertz CT molecular complexity index is 1290. The first-order valence-electron chi connectivity index (χ1n) is 10.7. The van der Waals surface area contributed by atoms with E-state index in [0.29, 0.717) is 30.0 Å². The summed E-state index contributed by atoms with van der Waals surface area (Å²) in [6.07, 6.45) is 2.67. The smallest absolute Gasteiger partial charge is 0.255 e. The molecule has 3 aromatic heterocycles. The van der Waals surface area contributed by atoms with Crippen molar-refractivity contribution < 1.29 is 9.18 Å². The highest BCUT2D eigenvalue weighted by Gasteiger charge is 2.21. The van der Waals surface area contributed by atoms with Crippen LogP contribution < -0.4 is 5.32 Å². The van der Waals surface area contributed by atoms with Crippen molar-refractivity contribution in [3.05, 3.63) is 59.6 Å². The fourth-order valence-electron chi connectivity index (χ4n) is 3.79. The Kier molecular flexibility index (Phi) is 5.93. The van der Waals surface area contributed by atoms with Gasteiger partial charge in [-0.05, 0) is 30.8 Å². The number of amides is 1. The summed E-state index contributed by atoms with van der Waals surface area (Å²) < 4.78 is 15.5. The first-order valence-corrected chi connectivity index (χ1v) is 11.6. The lowest BCUT2D eigenvalue weighted by Crippen LogP contribution is -2.48. The predicted octanol–water partition coefficient (Wildman–Crippen LogP) is 3.81. The average molecular weight is 464 g/mol. The Morgan fingerprint density at radius 2 is 1.94 bits per heavy atom. The molecule has 0 atom stereocenters. The van der Waals surface area contributed by atoms with Gasteiger partial charge in [-0.25, -0.2) is 24.3 Å². The molecule has 1 N–H and O–H groups in total. The van der Waals surface area contributed by atoms with Crippen molar-refractivity contribution in [3.63, 3.8) is 0 Å². The van der Waals surface area contributed by atoms with E-state index in [2.05, 4.69) is 37.1 Å². The topological polar surface area (TPSA) is 87.1 Å². The van der Waals surface area contributed by atoms with Crippen LogP contribution in [0.4, 0.5) is 16.2 Å². The Hall–Kier alpha value is -3.50. The summed E-state index contributed by atoms with van der Waals surface area (Å²) in [5, 5.41) is 2.99. The normalized spacial score (nSPS) is 14.5. The number of benzene rings is 1. The van der Waals surface area contributed by atoms with E-state index in [4.69, 9.17) is 0 Å². The number of piperazine rings is 1. The van der Waals surface area contributed by atoms with Crippen LogP contribution in [0.2, 0.25) is 0 Å². The monoisotopic (exact) mass is 463 g/mol. The standard InChI is InChI=1S/C23H22FN7OS/c1-2-30-7-9-31(10-8-30)22(32)16-4-6-20(25-12-16)28-23-26-13-17(24)21(29-23)15-3-5-19-18(11-15)27-14-33-19/h3-6,11-14H,2,7-10H2,1H3,(H,25,26,28,29). The highest BCUT2D eigenvalue weighted by atomic mass is 32.1. The van der Waals surface area contributed by atoms with Crippen LogP contribution in [0.3, 0.4) is 0 Å². The quantitative estimate of drug-likeness (QED) is 0.482. The van der Waals surface area contributed by atoms with Gasteiger partial charge in [-0.1, -0.05) is 13.0 Å². The van der Waals surface area contributed by atoms with Gasteiger partial charge in [0.15, 0.2) is 5.82 Å². The van der Waals surface area contributed by atoms with Crippen molar-refractivity contribution in [1.29, 1.82) is 0 Å². The van der Waals surface area contributed by atoms with Crippen LogP contribution in [0, 0.1) is 5.82 Å². The maximum Gasteiger partial charge on any atom is 0.255 e. The van der Waals surface area contributed by atoms with Crippen LogP contribution in [0.25, 0.3) is 21.5 Å². The lowest BCUT2D eigenvalue weighted by atomic mass is 10.1. The molecule has 1 saturated heterocycles. The van der Waals surface area contributed by atoms with E-state index >= 15 is 0 Å². The minimum absolute atomic E-state index is 0.0254. The number of fused-ring (bicyclic) bond motifs is 1. The molecule has 33 heavy (non-hydrogen) atoms. The molecule has 168 valence electrons. The maximum atomic E-state index is 14.5. The fraction of sp³-hybridized carbons (Fsp3) is 0.261. The van der Waals surface area contributed by atoms with Gasteiger partial charge in [-0.2, -0.15) is 0 Å². The van der Waals surface area contributed by atoms with Crippen molar-refractivity contribution in [2.24, 2.45) is 0 Å². The molecule has 1 amide bonds. The van der Waals surface area contributed by atoms with Gasteiger partial charge in [0, 0.05) is 37.9 Å². The zero-order valence-corrected chi connectivity index (χ0v) is 18.8. The number of rotatable bonds is 5. The summed E-state index contributed by atoms with van der Waals surface area (Å²) in [6, 6.07) is 8.94. The van der Waals surface area contributed by atoms with E-state index in [9.17, 15) is 9.18 Å². The zero-order chi connectivity index (χ0) is 22.8. The van der Waals surface area contributed by atoms with Gasteiger partial charge >= 0.3 is 0 Å². The predicted molar refractivity (Wildman–Crippen MR) is 126 cm³/mol. The third kappa shape index (κ3) is 4.53. The summed E-state index contributed by atoms with van der Waals surface area (Å²) >= 11 is 1.53. The first-order chi connectivity index (χ1) is 16.1. The fourth-order valence-corrected chi connectivity index (χ4v) is 4.45. The van der Waals surface area contributed by atoms with Crippen LogP contribution in [0.1, 0.15) is 17.3 Å². The van der Waals surface area contributed by atoms with Crippen LogP contribution in [-0.2, 0) is 0 Å². The zero-order valence-electron chi connectivity index (χ0n) is 18.0. The Morgan fingerprint density at radius 3 is 2.70 bits per heavy atom. The number of pyridine rings is 1. The molecule has 1 aromatic carbocycles. The molecular weight excluding hydrogens is 441 g/mol. The molecule has 0 unspecified atom stereocenters. The second-order valence-corrected chi connectivity index (χ2v) is 8.59. The van der Waals surface area contributed by atoms with Crippen LogP contribution >= 0.6 is 11.3 Å². The number of carbonyl (C=O) groups excluding carboxylic acids is 1. The summed E-state index contributed by atoms with van der Waals surface area (Å²) in [6.45, 7) is 6.32. The molecule has 0 radical (unpaired) electrons. The number of thiazole rings is 1. The molecule has 10 heteroatoms. The number of halogens is 1. The average Bonchev–Trinajstić information content (AvgIpc) is 3.33. The molecule has 8 nitrogen and oxygen atoms in total. The molecule has 5 rings (SSSR count). The Labute approximate surface area is 194 Å². The number of carbonyl (C=O) groups is 1. The Morgan fingerprint density at radius 1 is 1.09 bits per heavy atom. The van der Waals surface area contributed by atoms with E-state index < -0.39 is 5.82 Å². The summed E-state index contributed by atoms with van der Waals surface area (Å²) in [7, 11) is 0. The largest absolute Gasteiger partial charge is 0.336 e. The lowest BCUT2D eigenvalue weighted by Gasteiger charge is -2.34. The van der Waals surface area contributed by atoms with Crippen molar-refractivity contribution >= 4 is 39.2 Å². The van der Waals surface area contributed by atoms with Crippen molar-refractivity contribution in [1.82, 2.24) is 29.7 Å². The number of nitrogens with one attached hydrogen (secondary N) is 1. The molecule has 1 fully saturated rings. The van der Waals surface area contributed by atoms with Crippen molar-refractivity contribution in [2.75, 3.05) is 38.0 Å². The number of hydrogen-bond donors (Lipinski definition) is 1. The van der Waals surface area contributed by atoms with Gasteiger partial charge in [-0.3, -0.25) is 4.79 Å². The van der Waals surface area contributed by atoms with Crippen molar-refractivity contribution in [3.8, 4) is 11.3 Å². The second kappa shape index (κ2) is 9.16. The lowest BCUT2D eigenvalue weighted by molar-refractivity contribution is 0.0643. The van der Waals surface area contributed by atoms with Crippen LogP contribution in [0.15, 0.2) is 48.2 Å². The molecular formula is C23H22FN7OS. The molecule has 4 aromatic rings. The highest BCUT2D eigenvalue weighted by molar-refractivity contribution is 7.16. The van der Waals surface area contributed by atoms with Gasteiger partial charge in [0.25, 0.3) is 5.91 Å². The SMILES string of the molecule is CCN1CCN(C(=O)c2ccc(Nc3ncc(F)c(-c4ccc5scnc5c4)n3)nc2)CC1. The second-order valence-electron chi connectivity index (χ2n) is 7.71. The number of aromatic nitrogens is 4. The third-order valence-corrected chi connectivity index (χ3v) is 6.51. The van der Waals surface area contributed by atoms with E-state index in [-0.39, 0.29) is 17.5 Å². The molecule has 0 saturated carbocycles. The number of likely N-dealkylation sites (N-methyl/N-ethyl adjacent to an activating group) is 1. The first kappa shape index (κ1) is 21.4. The van der Waals surface area contributed by atoms with Crippen molar-refractivity contribution in [2.45, 2.75) is 6.92 Å². The van der Waals surface area contributed by atoms with E-state index in [1.165, 1.54) is 17.5 Å². The summed E-state index contributed by atoms with van der Waals surface area (Å²) in [5.74, 6) is 0.136. The number of hydrogen-bond acceptors (Lipinski definition) is 8. The van der Waals surface area contributed by atoms with Gasteiger partial charge < -0.3 is 15.1 Å². The number of anilines is 2. The summed E-state index contributed by atoms with van der Waals surface area (Å²) in [5.41, 5.74) is 3.88. The Balaban J connectivity index is 1.30. The van der Waals surface area contributed by atoms with Gasteiger partial charge in [-0.15, -0.1) is 11.3 Å². The van der Waals surface area contributed by atoms with Gasteiger partial charge in [0.1, 0.15) is 11.5 Å². The molecule has 4 heterocycles. The molecule has 0 aliphatic carbocycles. The highest BCUT2D eigenvalue weighted by Crippen LogP contribution is 2.27. The minimum Gasteiger partial charge on any atom is -0.336 e. The van der Waals surface area contributed by atoms with Crippen LogP contribution in [0.5, 0.6) is 0 Å². The maximum absolute atomic E-state index is 14.5. The molecule has 0 bridgehead atoms. The molecule has 0 spiro atoms. The summed E-state index contributed by atoms with van der Waals surface area (Å²) in [4.78, 5) is 33.9. The van der Waals surface area contributed by atoms with Gasteiger partial charge in [0.05, 0.1) is 27.5 Å². The van der Waals surface area contributed by atoms with E-state index in [0.717, 1.165) is 36.0 Å². The minimum atomic E-state index is -0.521. The molecule has 1 aliphatic heterocycles. The van der Waals surface area contributed by atoms with E-state index in [1.54, 1.807) is 23.7 Å². The van der Waals surface area contributed by atoms with E-state index in [1.807, 2.05) is 17.0 Å². The molecule has 1 aliphatic rings. The third-order valence-electron chi connectivity index (χ3n) is 5.70. The number of nitrogens with zero attached hydrogens (tertiary/aromatic N) is 6. The van der Waals surface area contributed by atoms with Crippen LogP contribution in [-0.4, -0.2) is 68.4 Å². The van der Waals surface area contributed by atoms with Gasteiger partial charge in [0.2, 0.25) is 5.95 Å².